The molecular formula is C12H18N4OS. The molecule has 0 radical (unpaired) electrons. The van der Waals surface area contributed by atoms with Gasteiger partial charge in [-0.25, -0.2) is 4.98 Å². The molecule has 0 spiro atoms. The molecule has 98 valence electrons. The van der Waals surface area contributed by atoms with Crippen molar-refractivity contribution in [2.45, 2.75) is 24.5 Å². The van der Waals surface area contributed by atoms with Gasteiger partial charge in [-0.15, -0.1) is 0 Å². The molecule has 18 heavy (non-hydrogen) atoms. The second-order valence-electron chi connectivity index (χ2n) is 4.78. The Morgan fingerprint density at radius 3 is 3.06 bits per heavy atom. The molecule has 5 N–H and O–H groups in total. The highest BCUT2D eigenvalue weighted by atomic mass is 32.2. The summed E-state index contributed by atoms with van der Waals surface area (Å²) in [5.41, 5.74) is 11.5. The van der Waals surface area contributed by atoms with E-state index in [9.17, 15) is 4.79 Å². The number of carbonyl (C=O) groups is 1. The van der Waals surface area contributed by atoms with Crippen LogP contribution >= 0.6 is 11.8 Å². The maximum Gasteiger partial charge on any atom is 0.250 e. The fourth-order valence-electron chi connectivity index (χ4n) is 2.03. The number of nitrogens with one attached hydrogen (secondary N) is 1. The van der Waals surface area contributed by atoms with Crippen LogP contribution in [0.2, 0.25) is 0 Å². The molecule has 1 saturated heterocycles. The van der Waals surface area contributed by atoms with E-state index in [2.05, 4.69) is 17.2 Å². The van der Waals surface area contributed by atoms with Crippen molar-refractivity contribution in [3.8, 4) is 0 Å². The maximum absolute atomic E-state index is 11.2. The Balaban J connectivity index is 2.05. The van der Waals surface area contributed by atoms with Crippen molar-refractivity contribution in [2.24, 2.45) is 5.73 Å². The summed E-state index contributed by atoms with van der Waals surface area (Å²) in [5.74, 6) is 1.33. The lowest BCUT2D eigenvalue weighted by atomic mass is 10.1. The predicted molar refractivity (Wildman–Crippen MR) is 75.8 cm³/mol. The lowest BCUT2D eigenvalue weighted by Crippen LogP contribution is -2.27. The van der Waals surface area contributed by atoms with E-state index in [1.165, 1.54) is 24.8 Å². The average molecular weight is 266 g/mol. The number of rotatable bonds is 4. The minimum Gasteiger partial charge on any atom is -0.397 e. The summed E-state index contributed by atoms with van der Waals surface area (Å²) in [6, 6.07) is 1.61. The molecule has 1 amide bonds. The number of hydrogen-bond donors (Lipinski definition) is 3. The molecule has 1 aromatic rings. The van der Waals surface area contributed by atoms with Crippen LogP contribution in [0, 0.1) is 0 Å². The summed E-state index contributed by atoms with van der Waals surface area (Å²) in [6.45, 7) is 3.07. The van der Waals surface area contributed by atoms with Gasteiger partial charge < -0.3 is 16.8 Å². The van der Waals surface area contributed by atoms with Crippen LogP contribution in [0.15, 0.2) is 12.3 Å². The van der Waals surface area contributed by atoms with Crippen LogP contribution in [0.25, 0.3) is 0 Å². The molecule has 1 unspecified atom stereocenters. The molecule has 1 aliphatic rings. The lowest BCUT2D eigenvalue weighted by molar-refractivity contribution is 0.100. The first-order chi connectivity index (χ1) is 8.50. The van der Waals surface area contributed by atoms with Crippen LogP contribution < -0.4 is 16.8 Å². The molecule has 0 bridgehead atoms. The molecule has 1 fully saturated rings. The number of primary amides is 1. The lowest BCUT2D eigenvalue weighted by Gasteiger charge is -2.23. The summed E-state index contributed by atoms with van der Waals surface area (Å²) in [6.07, 6.45) is 3.92. The molecule has 2 heterocycles. The summed E-state index contributed by atoms with van der Waals surface area (Å²) in [7, 11) is 0. The smallest absolute Gasteiger partial charge is 0.250 e. The first-order valence-electron chi connectivity index (χ1n) is 5.93. The number of nitrogens with two attached hydrogens (primary N) is 2. The quantitative estimate of drug-likeness (QED) is 0.767. The largest absolute Gasteiger partial charge is 0.397 e. The van der Waals surface area contributed by atoms with Crippen LogP contribution in [-0.4, -0.2) is 27.9 Å². The molecule has 5 nitrogen and oxygen atoms in total. The predicted octanol–water partition coefficient (Wildman–Crippen LogP) is 1.46. The number of thioether (sulfide) groups is 1. The number of amides is 1. The second kappa shape index (κ2) is 5.06. The van der Waals surface area contributed by atoms with Crippen molar-refractivity contribution >= 4 is 29.2 Å². The van der Waals surface area contributed by atoms with Gasteiger partial charge in [0.05, 0.1) is 17.4 Å². The Morgan fingerprint density at radius 2 is 2.44 bits per heavy atom. The van der Waals surface area contributed by atoms with Crippen LogP contribution in [0.3, 0.4) is 0 Å². The van der Waals surface area contributed by atoms with Gasteiger partial charge in [-0.3, -0.25) is 4.79 Å². The van der Waals surface area contributed by atoms with Gasteiger partial charge >= 0.3 is 0 Å². The van der Waals surface area contributed by atoms with Crippen LogP contribution in [0.5, 0.6) is 0 Å². The fourth-order valence-corrected chi connectivity index (χ4v) is 3.27. The zero-order valence-corrected chi connectivity index (χ0v) is 11.2. The first-order valence-corrected chi connectivity index (χ1v) is 6.92. The SMILES string of the molecule is CC1(CNc2cc(C(N)=O)c(N)cn2)CCCS1. The number of anilines is 2. The van der Waals surface area contributed by atoms with Crippen molar-refractivity contribution in [1.29, 1.82) is 0 Å². The van der Waals surface area contributed by atoms with E-state index >= 15 is 0 Å². The number of pyridine rings is 1. The first kappa shape index (κ1) is 13.0. The molecule has 1 aromatic heterocycles. The van der Waals surface area contributed by atoms with Gasteiger partial charge in [0.2, 0.25) is 0 Å². The van der Waals surface area contributed by atoms with Gasteiger partial charge in [-0.1, -0.05) is 0 Å². The van der Waals surface area contributed by atoms with Gasteiger partial charge in [-0.05, 0) is 31.6 Å². The molecule has 1 atom stereocenters. The molecule has 2 rings (SSSR count). The van der Waals surface area contributed by atoms with Gasteiger partial charge in [0, 0.05) is 11.3 Å². The van der Waals surface area contributed by atoms with E-state index in [0.717, 1.165) is 6.54 Å². The van der Waals surface area contributed by atoms with Crippen LogP contribution in [0.4, 0.5) is 11.5 Å². The van der Waals surface area contributed by atoms with Crippen molar-refractivity contribution < 1.29 is 4.79 Å². The Labute approximate surface area is 111 Å². The topological polar surface area (TPSA) is 94.0 Å². The van der Waals surface area contributed by atoms with Crippen molar-refractivity contribution in [3.63, 3.8) is 0 Å². The number of carbonyl (C=O) groups excluding carboxylic acids is 1. The van der Waals surface area contributed by atoms with E-state index < -0.39 is 5.91 Å². The third-order valence-corrected chi connectivity index (χ3v) is 4.68. The third kappa shape index (κ3) is 2.87. The third-order valence-electron chi connectivity index (χ3n) is 3.14. The molecule has 6 heteroatoms. The number of hydrogen-bond acceptors (Lipinski definition) is 5. The minimum absolute atomic E-state index is 0.246. The van der Waals surface area contributed by atoms with E-state index in [1.54, 1.807) is 6.07 Å². The van der Waals surface area contributed by atoms with E-state index in [-0.39, 0.29) is 4.75 Å². The van der Waals surface area contributed by atoms with Gasteiger partial charge in [0.25, 0.3) is 5.91 Å². The standard InChI is InChI=1S/C12H18N4OS/c1-12(3-2-4-18-12)7-16-10-5-8(11(14)17)9(13)6-15-10/h5-6H,2-4,7,13H2,1H3,(H2,14,17)(H,15,16). The molecule has 0 aliphatic carbocycles. The maximum atomic E-state index is 11.2. The van der Waals surface area contributed by atoms with Crippen molar-refractivity contribution in [3.05, 3.63) is 17.8 Å². The zero-order valence-electron chi connectivity index (χ0n) is 10.4. The summed E-state index contributed by atoms with van der Waals surface area (Å²) in [5, 5.41) is 3.25. The van der Waals surface area contributed by atoms with Gasteiger partial charge in [-0.2, -0.15) is 11.8 Å². The Hall–Kier alpha value is -1.43. The Bertz CT molecular complexity index is 457. The van der Waals surface area contributed by atoms with Gasteiger partial charge in [0.1, 0.15) is 5.82 Å². The number of nitrogens with zero attached hydrogens (tertiary/aromatic N) is 1. The molecule has 1 aliphatic heterocycles. The number of nitrogen functional groups attached to an aromatic ring is 1. The molecular weight excluding hydrogens is 248 g/mol. The van der Waals surface area contributed by atoms with Crippen LogP contribution in [-0.2, 0) is 0 Å². The highest BCUT2D eigenvalue weighted by molar-refractivity contribution is 8.00. The fraction of sp³-hybridized carbons (Fsp3) is 0.500. The highest BCUT2D eigenvalue weighted by Crippen LogP contribution is 2.37. The Kier molecular flexibility index (Phi) is 3.65. The Morgan fingerprint density at radius 1 is 1.67 bits per heavy atom. The van der Waals surface area contributed by atoms with Crippen LogP contribution in [0.1, 0.15) is 30.1 Å². The summed E-state index contributed by atoms with van der Waals surface area (Å²) >= 11 is 1.97. The zero-order chi connectivity index (χ0) is 13.2. The van der Waals surface area contributed by atoms with E-state index in [4.69, 9.17) is 11.5 Å². The highest BCUT2D eigenvalue weighted by Gasteiger charge is 2.29. The monoisotopic (exact) mass is 266 g/mol. The summed E-state index contributed by atoms with van der Waals surface area (Å²) in [4.78, 5) is 15.3. The normalized spacial score (nSPS) is 22.9. The second-order valence-corrected chi connectivity index (χ2v) is 6.46. The molecule has 0 saturated carbocycles. The van der Waals surface area contributed by atoms with Gasteiger partial charge in [0.15, 0.2) is 0 Å². The minimum atomic E-state index is -0.528. The van der Waals surface area contributed by atoms with E-state index in [0.29, 0.717) is 17.1 Å². The average Bonchev–Trinajstić information content (AvgIpc) is 2.75. The number of aromatic nitrogens is 1. The van der Waals surface area contributed by atoms with Crippen molar-refractivity contribution in [1.82, 2.24) is 4.98 Å². The molecule has 0 aromatic carbocycles. The summed E-state index contributed by atoms with van der Waals surface area (Å²) < 4.78 is 0.246. The van der Waals surface area contributed by atoms with E-state index in [1.807, 2.05) is 11.8 Å². The van der Waals surface area contributed by atoms with Crippen molar-refractivity contribution in [2.75, 3.05) is 23.3 Å².